The number of rotatable bonds is 3. The summed E-state index contributed by atoms with van der Waals surface area (Å²) in [6, 6.07) is 1.83. The Hall–Kier alpha value is -1.31. The van der Waals surface area contributed by atoms with E-state index in [1.807, 2.05) is 13.0 Å². The molecule has 0 saturated carbocycles. The molecule has 0 aliphatic rings. The molecule has 2 heteroatoms. The van der Waals surface area contributed by atoms with Crippen LogP contribution in [0.1, 0.15) is 12.5 Å². The van der Waals surface area contributed by atoms with Crippen molar-refractivity contribution < 1.29 is 4.74 Å². The van der Waals surface area contributed by atoms with Crippen molar-refractivity contribution in [1.82, 2.24) is 4.98 Å². The summed E-state index contributed by atoms with van der Waals surface area (Å²) in [7, 11) is 0. The molecule has 0 atom stereocenters. The Morgan fingerprint density at radius 3 is 3.18 bits per heavy atom. The molecule has 2 nitrogen and oxygen atoms in total. The van der Waals surface area contributed by atoms with Crippen LogP contribution in [0.15, 0.2) is 25.0 Å². The predicted molar refractivity (Wildman–Crippen MR) is 45.5 cm³/mol. The van der Waals surface area contributed by atoms with E-state index in [9.17, 15) is 0 Å². The maximum absolute atomic E-state index is 5.32. The monoisotopic (exact) mass is 149 g/mol. The van der Waals surface area contributed by atoms with Crippen LogP contribution < -0.4 is 4.74 Å². The summed E-state index contributed by atoms with van der Waals surface area (Å²) in [5.41, 5.74) is 0.939. The van der Waals surface area contributed by atoms with Gasteiger partial charge in [0.15, 0.2) is 0 Å². The Morgan fingerprint density at radius 2 is 2.55 bits per heavy atom. The first-order valence-electron chi connectivity index (χ1n) is 3.57. The third-order valence-corrected chi connectivity index (χ3v) is 1.33. The van der Waals surface area contributed by atoms with Gasteiger partial charge in [0, 0.05) is 18.0 Å². The van der Waals surface area contributed by atoms with E-state index in [-0.39, 0.29) is 0 Å². The Kier molecular flexibility index (Phi) is 2.66. The Balaban J connectivity index is 2.92. The Morgan fingerprint density at radius 1 is 1.73 bits per heavy atom. The van der Waals surface area contributed by atoms with Crippen LogP contribution in [0.3, 0.4) is 0 Å². The smallest absolute Gasteiger partial charge is 0.129 e. The maximum Gasteiger partial charge on any atom is 0.129 e. The minimum Gasteiger partial charge on any atom is -0.493 e. The van der Waals surface area contributed by atoms with Gasteiger partial charge in [-0.3, -0.25) is 4.98 Å². The quantitative estimate of drug-likeness (QED) is 0.656. The minimum absolute atomic E-state index is 0.671. The van der Waals surface area contributed by atoms with Crippen molar-refractivity contribution in [3.8, 4) is 5.75 Å². The molecule has 0 N–H and O–H groups in total. The molecule has 0 saturated heterocycles. The van der Waals surface area contributed by atoms with Crippen LogP contribution in [0.5, 0.6) is 5.75 Å². The second-order valence-corrected chi connectivity index (χ2v) is 2.05. The molecule has 0 aromatic carbocycles. The first kappa shape index (κ1) is 7.79. The highest BCUT2D eigenvalue weighted by Crippen LogP contribution is 2.16. The third kappa shape index (κ3) is 1.80. The van der Waals surface area contributed by atoms with E-state index in [4.69, 9.17) is 4.74 Å². The minimum atomic E-state index is 0.671. The molecule has 58 valence electrons. The van der Waals surface area contributed by atoms with E-state index in [0.29, 0.717) is 6.61 Å². The highest BCUT2D eigenvalue weighted by atomic mass is 16.5. The van der Waals surface area contributed by atoms with Gasteiger partial charge >= 0.3 is 0 Å². The van der Waals surface area contributed by atoms with Crippen molar-refractivity contribution in [3.63, 3.8) is 0 Å². The summed E-state index contributed by atoms with van der Waals surface area (Å²) in [5.74, 6) is 0.845. The van der Waals surface area contributed by atoms with Crippen molar-refractivity contribution in [3.05, 3.63) is 30.6 Å². The van der Waals surface area contributed by atoms with Gasteiger partial charge in [-0.15, -0.1) is 0 Å². The van der Waals surface area contributed by atoms with Gasteiger partial charge in [-0.2, -0.15) is 0 Å². The van der Waals surface area contributed by atoms with E-state index in [0.717, 1.165) is 11.3 Å². The molecule has 0 aliphatic heterocycles. The normalized spacial score (nSPS) is 9.18. The highest BCUT2D eigenvalue weighted by molar-refractivity contribution is 5.53. The number of ether oxygens (including phenoxy) is 1. The van der Waals surface area contributed by atoms with Gasteiger partial charge in [0.25, 0.3) is 0 Å². The summed E-state index contributed by atoms with van der Waals surface area (Å²) >= 11 is 0. The maximum atomic E-state index is 5.32. The first-order valence-corrected chi connectivity index (χ1v) is 3.57. The lowest BCUT2D eigenvalue weighted by Crippen LogP contribution is -1.93. The average Bonchev–Trinajstić information content (AvgIpc) is 2.06. The summed E-state index contributed by atoms with van der Waals surface area (Å²) in [6.45, 7) is 6.28. The molecule has 0 aliphatic carbocycles. The predicted octanol–water partition coefficient (Wildman–Crippen LogP) is 2.12. The van der Waals surface area contributed by atoms with Crippen molar-refractivity contribution in [2.45, 2.75) is 6.92 Å². The fourth-order valence-corrected chi connectivity index (χ4v) is 0.834. The molecular weight excluding hydrogens is 138 g/mol. The van der Waals surface area contributed by atoms with Crippen LogP contribution in [0.2, 0.25) is 0 Å². The molecular formula is C9H11NO. The van der Waals surface area contributed by atoms with Crippen LogP contribution in [0, 0.1) is 0 Å². The van der Waals surface area contributed by atoms with Crippen molar-refractivity contribution in [1.29, 1.82) is 0 Å². The van der Waals surface area contributed by atoms with Gasteiger partial charge in [-0.1, -0.05) is 12.7 Å². The fraction of sp³-hybridized carbons (Fsp3) is 0.222. The van der Waals surface area contributed by atoms with E-state index >= 15 is 0 Å². The number of hydrogen-bond acceptors (Lipinski definition) is 2. The SMILES string of the molecule is C=Cc1cnccc1OCC. The lowest BCUT2D eigenvalue weighted by Gasteiger charge is -2.04. The second kappa shape index (κ2) is 3.76. The summed E-state index contributed by atoms with van der Waals surface area (Å²) in [6.07, 6.45) is 5.17. The van der Waals surface area contributed by atoms with Crippen molar-refractivity contribution >= 4 is 6.08 Å². The second-order valence-electron chi connectivity index (χ2n) is 2.05. The van der Waals surface area contributed by atoms with Crippen LogP contribution in [-0.2, 0) is 0 Å². The Labute approximate surface area is 66.5 Å². The molecule has 0 fully saturated rings. The fourth-order valence-electron chi connectivity index (χ4n) is 0.834. The van der Waals surface area contributed by atoms with Gasteiger partial charge in [0.2, 0.25) is 0 Å². The van der Waals surface area contributed by atoms with Crippen LogP contribution in [0.4, 0.5) is 0 Å². The van der Waals surface area contributed by atoms with Crippen molar-refractivity contribution in [2.24, 2.45) is 0 Å². The highest BCUT2D eigenvalue weighted by Gasteiger charge is 1.96. The lowest BCUT2D eigenvalue weighted by atomic mass is 10.2. The standard InChI is InChI=1S/C9H11NO/c1-3-8-7-10-6-5-9(8)11-4-2/h3,5-7H,1,4H2,2H3. The van der Waals surface area contributed by atoms with Crippen LogP contribution in [0.25, 0.3) is 6.08 Å². The van der Waals surface area contributed by atoms with Gasteiger partial charge in [0.1, 0.15) is 5.75 Å². The molecule has 1 heterocycles. The zero-order valence-corrected chi connectivity index (χ0v) is 6.58. The molecule has 0 amide bonds. The topological polar surface area (TPSA) is 22.1 Å². The Bertz CT molecular complexity index is 245. The molecule has 0 spiro atoms. The van der Waals surface area contributed by atoms with E-state index in [2.05, 4.69) is 11.6 Å². The summed E-state index contributed by atoms with van der Waals surface area (Å²) in [4.78, 5) is 3.95. The summed E-state index contributed by atoms with van der Waals surface area (Å²) in [5, 5.41) is 0. The van der Waals surface area contributed by atoms with Crippen LogP contribution >= 0.6 is 0 Å². The number of aromatic nitrogens is 1. The van der Waals surface area contributed by atoms with Crippen LogP contribution in [-0.4, -0.2) is 11.6 Å². The molecule has 1 aromatic rings. The number of nitrogens with zero attached hydrogens (tertiary/aromatic N) is 1. The zero-order chi connectivity index (χ0) is 8.10. The van der Waals surface area contributed by atoms with E-state index < -0.39 is 0 Å². The number of pyridine rings is 1. The van der Waals surface area contributed by atoms with Gasteiger partial charge in [0.05, 0.1) is 6.61 Å². The third-order valence-electron chi connectivity index (χ3n) is 1.33. The van der Waals surface area contributed by atoms with Gasteiger partial charge in [-0.05, 0) is 13.0 Å². The first-order chi connectivity index (χ1) is 5.38. The molecule has 11 heavy (non-hydrogen) atoms. The van der Waals surface area contributed by atoms with E-state index in [1.165, 1.54) is 0 Å². The molecule has 1 rings (SSSR count). The molecule has 0 bridgehead atoms. The van der Waals surface area contributed by atoms with Gasteiger partial charge in [-0.25, -0.2) is 0 Å². The van der Waals surface area contributed by atoms with Crippen molar-refractivity contribution in [2.75, 3.05) is 6.61 Å². The van der Waals surface area contributed by atoms with Gasteiger partial charge < -0.3 is 4.74 Å². The summed E-state index contributed by atoms with van der Waals surface area (Å²) < 4.78 is 5.32. The molecule has 1 aromatic heterocycles. The zero-order valence-electron chi connectivity index (χ0n) is 6.58. The van der Waals surface area contributed by atoms with E-state index in [1.54, 1.807) is 18.5 Å². The lowest BCUT2D eigenvalue weighted by molar-refractivity contribution is 0.339. The average molecular weight is 149 g/mol. The molecule has 0 radical (unpaired) electrons. The largest absolute Gasteiger partial charge is 0.493 e. The number of hydrogen-bond donors (Lipinski definition) is 0. The molecule has 0 unspecified atom stereocenters.